The Hall–Kier alpha value is -3.44. The average Bonchev–Trinajstić information content (AvgIpc) is 3.30. The van der Waals surface area contributed by atoms with Gasteiger partial charge in [-0.1, -0.05) is 13.8 Å². The van der Waals surface area contributed by atoms with E-state index in [1.165, 1.54) is 18.4 Å². The fraction of sp³-hybridized carbons (Fsp3) is 0.273. The summed E-state index contributed by atoms with van der Waals surface area (Å²) in [5.74, 6) is 0.205. The number of hydrogen-bond acceptors (Lipinski definition) is 5. The number of benzene rings is 1. The van der Waals surface area contributed by atoms with Gasteiger partial charge in [0, 0.05) is 41.1 Å². The quantitative estimate of drug-likeness (QED) is 0.464. The fourth-order valence-corrected chi connectivity index (χ4v) is 4.99. The molecule has 4 rings (SSSR count). The van der Waals surface area contributed by atoms with E-state index < -0.39 is 5.56 Å². The van der Waals surface area contributed by atoms with Crippen LogP contribution in [0, 0.1) is 17.2 Å². The largest absolute Gasteiger partial charge is 0.342 e. The molecule has 0 aliphatic heterocycles. The van der Waals surface area contributed by atoms with E-state index in [4.69, 9.17) is 5.26 Å². The smallest absolute Gasteiger partial charge is 0.331 e. The molecule has 0 aliphatic rings. The molecule has 0 N–H and O–H groups in total. The standard InChI is InChI=1S/C22H20N4O3S/c1-13(2)10-26-21-19(20(28)24(3)22(26)29)16(12-27)18(30-21)11-25-7-6-15-8-14(9-23)4-5-17(15)25/h4-8,12-13H,10-11H2,1-3H3. The van der Waals surface area contributed by atoms with Crippen LogP contribution < -0.4 is 11.2 Å². The number of fused-ring (bicyclic) bond motifs is 2. The number of nitriles is 1. The lowest BCUT2D eigenvalue weighted by Gasteiger charge is -2.11. The van der Waals surface area contributed by atoms with Gasteiger partial charge in [-0.2, -0.15) is 5.26 Å². The van der Waals surface area contributed by atoms with Crippen LogP contribution in [0.1, 0.15) is 34.6 Å². The molecule has 152 valence electrons. The van der Waals surface area contributed by atoms with Crippen LogP contribution >= 0.6 is 11.3 Å². The van der Waals surface area contributed by atoms with Gasteiger partial charge in [-0.15, -0.1) is 11.3 Å². The van der Waals surface area contributed by atoms with E-state index in [0.29, 0.717) is 40.7 Å². The summed E-state index contributed by atoms with van der Waals surface area (Å²) in [5, 5.41) is 10.3. The second kappa shape index (κ2) is 7.43. The molecule has 4 aromatic rings. The lowest BCUT2D eigenvalue weighted by atomic mass is 10.1. The van der Waals surface area contributed by atoms with Crippen LogP contribution in [0.3, 0.4) is 0 Å². The zero-order chi connectivity index (χ0) is 21.6. The lowest BCUT2D eigenvalue weighted by molar-refractivity contribution is 0.112. The Morgan fingerprint density at radius 2 is 2.00 bits per heavy atom. The van der Waals surface area contributed by atoms with Gasteiger partial charge in [0.15, 0.2) is 6.29 Å². The van der Waals surface area contributed by atoms with Crippen LogP contribution in [-0.4, -0.2) is 20.0 Å². The molecule has 1 aromatic carbocycles. The molecule has 0 atom stereocenters. The van der Waals surface area contributed by atoms with Crippen molar-refractivity contribution in [3.63, 3.8) is 0 Å². The Kier molecular flexibility index (Phi) is 4.92. The maximum absolute atomic E-state index is 12.8. The highest BCUT2D eigenvalue weighted by molar-refractivity contribution is 7.19. The van der Waals surface area contributed by atoms with Gasteiger partial charge in [-0.05, 0) is 30.2 Å². The number of hydrogen-bond donors (Lipinski definition) is 0. The number of rotatable bonds is 5. The second-order valence-electron chi connectivity index (χ2n) is 7.72. The summed E-state index contributed by atoms with van der Waals surface area (Å²) in [7, 11) is 1.44. The second-order valence-corrected chi connectivity index (χ2v) is 8.80. The van der Waals surface area contributed by atoms with Crippen molar-refractivity contribution in [1.29, 1.82) is 5.26 Å². The van der Waals surface area contributed by atoms with Crippen molar-refractivity contribution >= 4 is 38.7 Å². The predicted molar refractivity (Wildman–Crippen MR) is 117 cm³/mol. The summed E-state index contributed by atoms with van der Waals surface area (Å²) in [6, 6.07) is 9.48. The van der Waals surface area contributed by atoms with E-state index in [2.05, 4.69) is 6.07 Å². The van der Waals surface area contributed by atoms with Crippen LogP contribution in [-0.2, 0) is 20.1 Å². The molecule has 7 nitrogen and oxygen atoms in total. The van der Waals surface area contributed by atoms with Gasteiger partial charge in [0.1, 0.15) is 4.83 Å². The molecule has 0 amide bonds. The maximum Gasteiger partial charge on any atom is 0.331 e. The van der Waals surface area contributed by atoms with Gasteiger partial charge in [0.25, 0.3) is 5.56 Å². The molecule has 0 aliphatic carbocycles. The van der Waals surface area contributed by atoms with Crippen molar-refractivity contribution < 1.29 is 4.79 Å². The number of nitrogens with zero attached hydrogens (tertiary/aromatic N) is 4. The summed E-state index contributed by atoms with van der Waals surface area (Å²) in [6.07, 6.45) is 2.60. The van der Waals surface area contributed by atoms with E-state index in [0.717, 1.165) is 20.3 Å². The van der Waals surface area contributed by atoms with Crippen LogP contribution in [0.4, 0.5) is 0 Å². The Morgan fingerprint density at radius 3 is 2.67 bits per heavy atom. The lowest BCUT2D eigenvalue weighted by Crippen LogP contribution is -2.38. The Morgan fingerprint density at radius 1 is 1.23 bits per heavy atom. The molecule has 30 heavy (non-hydrogen) atoms. The maximum atomic E-state index is 12.8. The molecule has 3 aromatic heterocycles. The number of carbonyl (C=O) groups excluding carboxylic acids is 1. The molecule has 0 saturated carbocycles. The van der Waals surface area contributed by atoms with Crippen LogP contribution in [0.25, 0.3) is 21.1 Å². The number of aldehydes is 1. The molecule has 0 saturated heterocycles. The highest BCUT2D eigenvalue weighted by Crippen LogP contribution is 2.30. The first-order valence-electron chi connectivity index (χ1n) is 9.55. The van der Waals surface area contributed by atoms with Gasteiger partial charge >= 0.3 is 5.69 Å². The minimum atomic E-state index is -0.448. The molecular weight excluding hydrogens is 400 g/mol. The van der Waals surface area contributed by atoms with E-state index >= 15 is 0 Å². The van der Waals surface area contributed by atoms with Crippen LogP contribution in [0.2, 0.25) is 0 Å². The zero-order valence-corrected chi connectivity index (χ0v) is 17.7. The number of carbonyl (C=O) groups is 1. The van der Waals surface area contributed by atoms with Crippen LogP contribution in [0.5, 0.6) is 0 Å². The van der Waals surface area contributed by atoms with Gasteiger partial charge < -0.3 is 4.57 Å². The molecule has 3 heterocycles. The van der Waals surface area contributed by atoms with E-state index in [-0.39, 0.29) is 11.6 Å². The fourth-order valence-electron chi connectivity index (χ4n) is 3.73. The summed E-state index contributed by atoms with van der Waals surface area (Å²) < 4.78 is 4.64. The minimum Gasteiger partial charge on any atom is -0.342 e. The summed E-state index contributed by atoms with van der Waals surface area (Å²) >= 11 is 1.31. The van der Waals surface area contributed by atoms with Gasteiger partial charge in [-0.3, -0.25) is 18.7 Å². The van der Waals surface area contributed by atoms with E-state index in [9.17, 15) is 14.4 Å². The van der Waals surface area contributed by atoms with E-state index in [1.54, 1.807) is 10.6 Å². The van der Waals surface area contributed by atoms with Crippen molar-refractivity contribution in [3.05, 3.63) is 67.3 Å². The molecule has 0 bridgehead atoms. The molecule has 8 heteroatoms. The average molecular weight is 420 g/mol. The van der Waals surface area contributed by atoms with Gasteiger partial charge in [0.2, 0.25) is 0 Å². The summed E-state index contributed by atoms with van der Waals surface area (Å²) in [6.45, 7) is 4.85. The molecule has 0 spiro atoms. The first-order valence-corrected chi connectivity index (χ1v) is 10.4. The highest BCUT2D eigenvalue weighted by Gasteiger charge is 2.21. The Labute approximate surface area is 176 Å². The molecule has 0 fully saturated rings. The molecular formula is C22H20N4O3S. The zero-order valence-electron chi connectivity index (χ0n) is 16.9. The third-order valence-corrected chi connectivity index (χ3v) is 6.38. The van der Waals surface area contributed by atoms with Gasteiger partial charge in [0.05, 0.1) is 23.6 Å². The predicted octanol–water partition coefficient (Wildman–Crippen LogP) is 3.10. The van der Waals surface area contributed by atoms with E-state index in [1.807, 2.05) is 42.8 Å². The monoisotopic (exact) mass is 420 g/mol. The number of thiophene rings is 1. The summed E-state index contributed by atoms with van der Waals surface area (Å²) in [5.41, 5.74) is 1.02. The minimum absolute atomic E-state index is 0.205. The first kappa shape index (κ1) is 19.9. The molecule has 0 unspecified atom stereocenters. The first-order chi connectivity index (χ1) is 14.3. The third kappa shape index (κ3) is 3.08. The SMILES string of the molecule is CC(C)Cn1c(=O)n(C)c(=O)c2c(C=O)c(Cn3ccc4cc(C#N)ccc43)sc21. The van der Waals surface area contributed by atoms with Crippen molar-refractivity contribution in [2.45, 2.75) is 26.9 Å². The van der Waals surface area contributed by atoms with Crippen LogP contribution in [0.15, 0.2) is 40.1 Å². The van der Waals surface area contributed by atoms with Gasteiger partial charge in [-0.25, -0.2) is 4.79 Å². The Bertz CT molecular complexity index is 1460. The molecule has 0 radical (unpaired) electrons. The Balaban J connectivity index is 1.93. The van der Waals surface area contributed by atoms with Crippen molar-refractivity contribution in [2.75, 3.05) is 0 Å². The normalized spacial score (nSPS) is 11.4. The van der Waals surface area contributed by atoms with Crippen molar-refractivity contribution in [2.24, 2.45) is 13.0 Å². The third-order valence-electron chi connectivity index (χ3n) is 5.16. The topological polar surface area (TPSA) is 89.8 Å². The van der Waals surface area contributed by atoms with Crippen molar-refractivity contribution in [1.82, 2.24) is 13.7 Å². The highest BCUT2D eigenvalue weighted by atomic mass is 32.1. The number of aromatic nitrogens is 3. The van der Waals surface area contributed by atoms with Crippen molar-refractivity contribution in [3.8, 4) is 6.07 Å². The summed E-state index contributed by atoms with van der Waals surface area (Å²) in [4.78, 5) is 38.8.